The molecule has 0 aliphatic heterocycles. The Hall–Kier alpha value is -3.85. The molecule has 0 amide bonds. The molecule has 2 aromatic heterocycles. The Balaban J connectivity index is 1.71. The van der Waals surface area contributed by atoms with Crippen molar-refractivity contribution in [1.82, 2.24) is 19.9 Å². The van der Waals surface area contributed by atoms with Crippen molar-refractivity contribution in [2.45, 2.75) is 17.3 Å². The van der Waals surface area contributed by atoms with Gasteiger partial charge >= 0.3 is 5.97 Å². The number of carbonyl (C=O) groups is 1. The maximum atomic E-state index is 13.1. The van der Waals surface area contributed by atoms with E-state index in [1.165, 1.54) is 42.4 Å². The van der Waals surface area contributed by atoms with E-state index in [2.05, 4.69) is 19.9 Å². The molecular weight excluding hydrogens is 431 g/mol. The van der Waals surface area contributed by atoms with Crippen molar-refractivity contribution in [3.63, 3.8) is 0 Å². The lowest BCUT2D eigenvalue weighted by molar-refractivity contribution is 0.0697. The second-order valence-corrected chi connectivity index (χ2v) is 7.88. The maximum Gasteiger partial charge on any atom is 0.335 e. The van der Waals surface area contributed by atoms with Crippen molar-refractivity contribution in [3.8, 4) is 11.3 Å². The number of hydrogen-bond acceptors (Lipinski definition) is 6. The van der Waals surface area contributed by atoms with Gasteiger partial charge in [0, 0.05) is 35.7 Å². The Morgan fingerprint density at radius 2 is 1.69 bits per heavy atom. The highest BCUT2D eigenvalue weighted by Crippen LogP contribution is 2.26. The Morgan fingerprint density at radius 1 is 1.00 bits per heavy atom. The fourth-order valence-electron chi connectivity index (χ4n) is 3.08. The highest BCUT2D eigenvalue weighted by Gasteiger charge is 2.16. The quantitative estimate of drug-likeness (QED) is 0.325. The van der Waals surface area contributed by atoms with Crippen LogP contribution >= 0.6 is 11.8 Å². The number of thioether (sulfide) groups is 1. The number of H-pyrrole nitrogens is 1. The SMILES string of the molecule is O=C(O)c1ccc(-c2nc(SCc3ccc(F)cc3)[nH]c(=O)c2Cc2cncnc2)cc1. The number of aromatic amines is 1. The highest BCUT2D eigenvalue weighted by molar-refractivity contribution is 7.98. The number of nitrogens with zero attached hydrogens (tertiary/aromatic N) is 3. The lowest BCUT2D eigenvalue weighted by Crippen LogP contribution is -2.17. The first-order valence-corrected chi connectivity index (χ1v) is 10.6. The molecule has 0 atom stereocenters. The molecule has 2 N–H and O–H groups in total. The molecule has 0 saturated carbocycles. The molecule has 0 aliphatic rings. The number of rotatable bonds is 7. The number of carboxylic acid groups (broad SMARTS) is 1. The van der Waals surface area contributed by atoms with Gasteiger partial charge in [-0.1, -0.05) is 36.0 Å². The fraction of sp³-hybridized carbons (Fsp3) is 0.0870. The van der Waals surface area contributed by atoms with Crippen LogP contribution in [0.4, 0.5) is 4.39 Å². The molecule has 0 aliphatic carbocycles. The Morgan fingerprint density at radius 3 is 2.34 bits per heavy atom. The first-order valence-electron chi connectivity index (χ1n) is 9.57. The van der Waals surface area contributed by atoms with Crippen LogP contribution in [-0.4, -0.2) is 31.0 Å². The summed E-state index contributed by atoms with van der Waals surface area (Å²) in [5.41, 5.74) is 2.97. The summed E-state index contributed by atoms with van der Waals surface area (Å²) in [6, 6.07) is 12.3. The predicted molar refractivity (Wildman–Crippen MR) is 118 cm³/mol. The normalized spacial score (nSPS) is 10.8. The minimum atomic E-state index is -1.03. The van der Waals surface area contributed by atoms with Crippen LogP contribution in [0.5, 0.6) is 0 Å². The molecule has 0 radical (unpaired) electrons. The van der Waals surface area contributed by atoms with E-state index in [-0.39, 0.29) is 23.4 Å². The molecule has 0 bridgehead atoms. The first kappa shape index (κ1) is 21.4. The standard InChI is InChI=1S/C23H17FN4O3S/c24-18-7-1-14(2-8-18)12-32-23-27-20(16-3-5-17(6-4-16)22(30)31)19(21(29)28-23)9-15-10-25-13-26-11-15/h1-8,10-11,13H,9,12H2,(H,30,31)(H,27,28,29). The Kier molecular flexibility index (Phi) is 6.37. The van der Waals surface area contributed by atoms with Gasteiger partial charge in [0.1, 0.15) is 12.1 Å². The lowest BCUT2D eigenvalue weighted by atomic mass is 10.0. The molecular formula is C23H17FN4O3S. The van der Waals surface area contributed by atoms with Crippen LogP contribution in [0, 0.1) is 5.82 Å². The van der Waals surface area contributed by atoms with E-state index >= 15 is 0 Å². The van der Waals surface area contributed by atoms with Crippen LogP contribution in [0.3, 0.4) is 0 Å². The van der Waals surface area contributed by atoms with Gasteiger partial charge in [0.25, 0.3) is 5.56 Å². The van der Waals surface area contributed by atoms with Crippen molar-refractivity contribution >= 4 is 17.7 Å². The summed E-state index contributed by atoms with van der Waals surface area (Å²) in [5, 5.41) is 9.58. The number of hydrogen-bond donors (Lipinski definition) is 2. The molecule has 9 heteroatoms. The van der Waals surface area contributed by atoms with E-state index in [1.54, 1.807) is 36.7 Å². The molecule has 2 heterocycles. The van der Waals surface area contributed by atoms with Gasteiger partial charge in [-0.3, -0.25) is 4.79 Å². The number of benzene rings is 2. The third-order valence-electron chi connectivity index (χ3n) is 4.68. The van der Waals surface area contributed by atoms with E-state index in [4.69, 9.17) is 5.11 Å². The maximum absolute atomic E-state index is 13.1. The second kappa shape index (κ2) is 9.52. The third kappa shape index (κ3) is 5.06. The van der Waals surface area contributed by atoms with E-state index in [1.807, 2.05) is 0 Å². The summed E-state index contributed by atoms with van der Waals surface area (Å²) in [4.78, 5) is 39.6. The van der Waals surface area contributed by atoms with E-state index in [0.717, 1.165) is 11.1 Å². The first-order chi connectivity index (χ1) is 15.5. The lowest BCUT2D eigenvalue weighted by Gasteiger charge is -2.11. The molecule has 4 aromatic rings. The average Bonchev–Trinajstić information content (AvgIpc) is 2.81. The number of aromatic carboxylic acids is 1. The van der Waals surface area contributed by atoms with Gasteiger partial charge in [0.2, 0.25) is 0 Å². The molecule has 0 saturated heterocycles. The molecule has 0 spiro atoms. The average molecular weight is 448 g/mol. The van der Waals surface area contributed by atoms with Gasteiger partial charge in [-0.2, -0.15) is 0 Å². The minimum absolute atomic E-state index is 0.141. The van der Waals surface area contributed by atoms with Crippen molar-refractivity contribution in [3.05, 3.63) is 106 Å². The Labute approximate surface area is 186 Å². The molecule has 2 aromatic carbocycles. The van der Waals surface area contributed by atoms with E-state index in [0.29, 0.717) is 27.7 Å². The van der Waals surface area contributed by atoms with Gasteiger partial charge in [-0.25, -0.2) is 24.1 Å². The minimum Gasteiger partial charge on any atom is -0.478 e. The van der Waals surface area contributed by atoms with Gasteiger partial charge < -0.3 is 10.1 Å². The molecule has 32 heavy (non-hydrogen) atoms. The zero-order chi connectivity index (χ0) is 22.5. The smallest absolute Gasteiger partial charge is 0.335 e. The van der Waals surface area contributed by atoms with Crippen molar-refractivity contribution in [1.29, 1.82) is 0 Å². The van der Waals surface area contributed by atoms with E-state index in [9.17, 15) is 14.0 Å². The van der Waals surface area contributed by atoms with Gasteiger partial charge in [0.15, 0.2) is 5.16 Å². The van der Waals surface area contributed by atoms with Crippen LogP contribution in [0.15, 0.2) is 77.2 Å². The summed E-state index contributed by atoms with van der Waals surface area (Å²) in [6.07, 6.45) is 4.93. The van der Waals surface area contributed by atoms with Gasteiger partial charge in [-0.15, -0.1) is 0 Å². The summed E-state index contributed by atoms with van der Waals surface area (Å²) < 4.78 is 13.1. The summed E-state index contributed by atoms with van der Waals surface area (Å²) in [7, 11) is 0. The van der Waals surface area contributed by atoms with Crippen LogP contribution in [0.25, 0.3) is 11.3 Å². The molecule has 0 fully saturated rings. The number of aromatic nitrogens is 4. The molecule has 7 nitrogen and oxygen atoms in total. The monoisotopic (exact) mass is 448 g/mol. The van der Waals surface area contributed by atoms with Crippen molar-refractivity contribution in [2.24, 2.45) is 0 Å². The molecule has 0 unspecified atom stereocenters. The molecule has 4 rings (SSSR count). The summed E-state index contributed by atoms with van der Waals surface area (Å²) >= 11 is 1.32. The van der Waals surface area contributed by atoms with Crippen molar-refractivity contribution < 1.29 is 14.3 Å². The van der Waals surface area contributed by atoms with Gasteiger partial charge in [0.05, 0.1) is 11.3 Å². The van der Waals surface area contributed by atoms with Crippen LogP contribution in [-0.2, 0) is 12.2 Å². The summed E-state index contributed by atoms with van der Waals surface area (Å²) in [6.45, 7) is 0. The zero-order valence-electron chi connectivity index (χ0n) is 16.7. The number of carboxylic acids is 1. The van der Waals surface area contributed by atoms with Gasteiger partial charge in [-0.05, 0) is 35.4 Å². The number of nitrogens with one attached hydrogen (secondary N) is 1. The number of halogens is 1. The third-order valence-corrected chi connectivity index (χ3v) is 5.63. The van der Waals surface area contributed by atoms with Crippen LogP contribution < -0.4 is 5.56 Å². The predicted octanol–water partition coefficient (Wildman–Crippen LogP) is 3.95. The Bertz CT molecular complexity index is 1290. The highest BCUT2D eigenvalue weighted by atomic mass is 32.2. The second-order valence-electron chi connectivity index (χ2n) is 6.92. The molecule has 160 valence electrons. The fourth-order valence-corrected chi connectivity index (χ4v) is 3.89. The van der Waals surface area contributed by atoms with Crippen molar-refractivity contribution in [2.75, 3.05) is 0 Å². The largest absolute Gasteiger partial charge is 0.478 e. The van der Waals surface area contributed by atoms with Crippen LogP contribution in [0.2, 0.25) is 0 Å². The van der Waals surface area contributed by atoms with E-state index < -0.39 is 5.97 Å². The zero-order valence-corrected chi connectivity index (χ0v) is 17.5. The summed E-state index contributed by atoms with van der Waals surface area (Å²) in [5.74, 6) is -0.855. The van der Waals surface area contributed by atoms with Crippen LogP contribution in [0.1, 0.15) is 27.0 Å². The topological polar surface area (TPSA) is 109 Å².